The van der Waals surface area contributed by atoms with Crippen molar-refractivity contribution in [3.05, 3.63) is 51.7 Å². The van der Waals surface area contributed by atoms with Crippen LogP contribution in [-0.4, -0.2) is 13.3 Å². The van der Waals surface area contributed by atoms with Gasteiger partial charge in [0.05, 0.1) is 0 Å². The predicted molar refractivity (Wildman–Crippen MR) is 154 cm³/mol. The van der Waals surface area contributed by atoms with Gasteiger partial charge in [0.15, 0.2) is 0 Å². The number of thiophene rings is 2. The van der Waals surface area contributed by atoms with E-state index < -0.39 is 13.3 Å². The molecule has 3 heterocycles. The molecule has 1 aromatic carbocycles. The molecule has 4 rings (SSSR count). The molecule has 0 saturated heterocycles. The first-order chi connectivity index (χ1) is 16.0. The maximum absolute atomic E-state index is 2.69. The van der Waals surface area contributed by atoms with E-state index in [9.17, 15) is 0 Å². The number of hydrogen-bond donors (Lipinski definition) is 0. The monoisotopic (exact) mass is 540 g/mol. The van der Waals surface area contributed by atoms with E-state index >= 15 is 0 Å². The average molecular weight is 539 g/mol. The van der Waals surface area contributed by atoms with E-state index in [2.05, 4.69) is 93.7 Å². The molecule has 2 aromatic heterocycles. The number of unbranched alkanes of at least 4 members (excludes halogenated alkanes) is 4. The van der Waals surface area contributed by atoms with E-state index in [1.165, 1.54) is 78.4 Å². The summed E-state index contributed by atoms with van der Waals surface area (Å²) in [6, 6.07) is 15.3. The minimum atomic E-state index is -2.69. The van der Waals surface area contributed by atoms with Gasteiger partial charge in [0, 0.05) is 0 Å². The zero-order valence-corrected chi connectivity index (χ0v) is 25.2. The van der Waals surface area contributed by atoms with Crippen LogP contribution in [0.3, 0.4) is 0 Å². The van der Waals surface area contributed by atoms with Crippen molar-refractivity contribution in [3.8, 4) is 9.75 Å². The standard InChI is InChI=1S/C30H42GeS2/c1-6-9-11-12-14-25-15-17-26(18-16-25)31(21-24(8-3)13-10-7-2)27-19-22(4)32-29(27)30-28(31)20-23(5)33-30/h15-20,24H,6-14,21H2,1-5H3. The van der Waals surface area contributed by atoms with Crippen LogP contribution in [0.25, 0.3) is 9.75 Å². The van der Waals surface area contributed by atoms with Crippen LogP contribution >= 0.6 is 22.7 Å². The first kappa shape index (κ1) is 25.3. The van der Waals surface area contributed by atoms with E-state index in [1.807, 2.05) is 0 Å². The molecule has 0 N–H and O–H groups in total. The van der Waals surface area contributed by atoms with Crippen LogP contribution in [0.4, 0.5) is 0 Å². The zero-order chi connectivity index (χ0) is 23.4. The summed E-state index contributed by atoms with van der Waals surface area (Å²) in [5.74, 6) is 0.845. The number of aryl methyl sites for hydroxylation is 3. The molecule has 1 aliphatic heterocycles. The van der Waals surface area contributed by atoms with Crippen molar-refractivity contribution in [3.63, 3.8) is 0 Å². The van der Waals surface area contributed by atoms with Crippen LogP contribution in [0.15, 0.2) is 36.4 Å². The van der Waals surface area contributed by atoms with Crippen molar-refractivity contribution in [2.75, 3.05) is 0 Å². The summed E-state index contributed by atoms with van der Waals surface area (Å²) in [6.45, 7) is 11.7. The Labute approximate surface area is 213 Å². The summed E-state index contributed by atoms with van der Waals surface area (Å²) in [4.78, 5) is 6.27. The molecule has 1 atom stereocenters. The zero-order valence-electron chi connectivity index (χ0n) is 21.4. The second kappa shape index (κ2) is 11.3. The Bertz CT molecular complexity index is 994. The molecule has 0 spiro atoms. The first-order valence-corrected chi connectivity index (χ1v) is 19.6. The molecule has 0 fully saturated rings. The maximum atomic E-state index is 2.60. The van der Waals surface area contributed by atoms with E-state index in [0.717, 1.165) is 5.92 Å². The molecular weight excluding hydrogens is 497 g/mol. The van der Waals surface area contributed by atoms with Gasteiger partial charge in [0.25, 0.3) is 0 Å². The SMILES string of the molecule is CCCCCCc1cc[c]([Ge]2([CH2]C(CC)CCCC)[c]3cc(C)sc3-c3sc(C)c[c]32)cc1. The third-order valence-electron chi connectivity index (χ3n) is 7.74. The Morgan fingerprint density at radius 2 is 1.36 bits per heavy atom. The fraction of sp³-hybridized carbons (Fsp3) is 0.533. The molecule has 178 valence electrons. The van der Waals surface area contributed by atoms with Gasteiger partial charge in [0.2, 0.25) is 0 Å². The minimum absolute atomic E-state index is 0.845. The number of benzene rings is 1. The predicted octanol–water partition coefficient (Wildman–Crippen LogP) is 8.22. The molecule has 1 unspecified atom stereocenters. The second-order valence-electron chi connectivity index (χ2n) is 10.2. The first-order valence-electron chi connectivity index (χ1n) is 13.3. The fourth-order valence-electron chi connectivity index (χ4n) is 5.88. The van der Waals surface area contributed by atoms with E-state index in [-0.39, 0.29) is 0 Å². The quantitative estimate of drug-likeness (QED) is 0.161. The summed E-state index contributed by atoms with van der Waals surface area (Å²) < 4.78 is 5.27. The summed E-state index contributed by atoms with van der Waals surface area (Å²) in [7, 11) is 0. The third kappa shape index (κ3) is 5.09. The molecule has 1 aliphatic rings. The van der Waals surface area contributed by atoms with Crippen molar-refractivity contribution >= 4 is 49.1 Å². The van der Waals surface area contributed by atoms with Gasteiger partial charge in [0.1, 0.15) is 0 Å². The van der Waals surface area contributed by atoms with Crippen molar-refractivity contribution in [2.45, 2.75) is 97.7 Å². The molecule has 3 aromatic rings. The van der Waals surface area contributed by atoms with Crippen molar-refractivity contribution in [2.24, 2.45) is 5.92 Å². The van der Waals surface area contributed by atoms with Crippen LogP contribution in [0, 0.1) is 19.8 Å². The molecular formula is C30H42GeS2. The van der Waals surface area contributed by atoms with E-state index in [1.54, 1.807) is 22.9 Å². The van der Waals surface area contributed by atoms with Gasteiger partial charge in [-0.25, -0.2) is 0 Å². The third-order valence-corrected chi connectivity index (χ3v) is 21.5. The Balaban J connectivity index is 1.76. The van der Waals surface area contributed by atoms with Gasteiger partial charge in [-0.2, -0.15) is 0 Å². The summed E-state index contributed by atoms with van der Waals surface area (Å²) in [5.41, 5.74) is 1.53. The van der Waals surface area contributed by atoms with Gasteiger partial charge in [-0.1, -0.05) is 0 Å². The van der Waals surface area contributed by atoms with Gasteiger partial charge in [-0.15, -0.1) is 0 Å². The average Bonchev–Trinajstić information content (AvgIpc) is 3.45. The van der Waals surface area contributed by atoms with Crippen molar-refractivity contribution in [1.82, 2.24) is 0 Å². The Morgan fingerprint density at radius 3 is 1.91 bits per heavy atom. The topological polar surface area (TPSA) is 0 Å². The molecule has 0 nitrogen and oxygen atoms in total. The Hall–Kier alpha value is -0.837. The van der Waals surface area contributed by atoms with Gasteiger partial charge >= 0.3 is 214 Å². The summed E-state index contributed by atoms with van der Waals surface area (Å²) in [6.07, 6.45) is 12.0. The number of fused-ring (bicyclic) bond motifs is 3. The van der Waals surface area contributed by atoms with E-state index in [0.29, 0.717) is 0 Å². The van der Waals surface area contributed by atoms with Gasteiger partial charge < -0.3 is 0 Å². The molecule has 0 aliphatic carbocycles. The van der Waals surface area contributed by atoms with Crippen LogP contribution < -0.4 is 13.2 Å². The van der Waals surface area contributed by atoms with Crippen LogP contribution in [-0.2, 0) is 6.42 Å². The molecule has 0 bridgehead atoms. The molecule has 3 heteroatoms. The Morgan fingerprint density at radius 1 is 0.758 bits per heavy atom. The second-order valence-corrected chi connectivity index (χ2v) is 20.9. The van der Waals surface area contributed by atoms with Crippen LogP contribution in [0.5, 0.6) is 0 Å². The number of hydrogen-bond acceptors (Lipinski definition) is 2. The number of rotatable bonds is 12. The van der Waals surface area contributed by atoms with Crippen molar-refractivity contribution < 1.29 is 0 Å². The Kier molecular flexibility index (Phi) is 8.63. The van der Waals surface area contributed by atoms with E-state index in [4.69, 9.17) is 0 Å². The summed E-state index contributed by atoms with van der Waals surface area (Å²) in [5, 5.41) is 1.43. The van der Waals surface area contributed by atoms with Crippen LogP contribution in [0.2, 0.25) is 5.25 Å². The van der Waals surface area contributed by atoms with Gasteiger partial charge in [-0.05, 0) is 0 Å². The normalized spacial score (nSPS) is 14.9. The molecule has 0 radical (unpaired) electrons. The fourth-order valence-corrected chi connectivity index (χ4v) is 23.0. The molecule has 0 saturated carbocycles. The summed E-state index contributed by atoms with van der Waals surface area (Å²) >= 11 is 1.42. The van der Waals surface area contributed by atoms with Gasteiger partial charge in [-0.3, -0.25) is 0 Å². The van der Waals surface area contributed by atoms with Crippen molar-refractivity contribution in [1.29, 1.82) is 0 Å². The molecule has 0 amide bonds. The van der Waals surface area contributed by atoms with Crippen LogP contribution in [0.1, 0.15) is 87.5 Å². The molecule has 33 heavy (non-hydrogen) atoms.